The first-order valence-corrected chi connectivity index (χ1v) is 8.17. The Morgan fingerprint density at radius 1 is 1.39 bits per heavy atom. The third-order valence-corrected chi connectivity index (χ3v) is 4.31. The Morgan fingerprint density at radius 3 is 2.65 bits per heavy atom. The van der Waals surface area contributed by atoms with Gasteiger partial charge in [0.25, 0.3) is 0 Å². The third kappa shape index (κ3) is 4.31. The van der Waals surface area contributed by atoms with Crippen molar-refractivity contribution in [1.82, 2.24) is 14.7 Å². The molecule has 0 aliphatic carbocycles. The van der Waals surface area contributed by atoms with E-state index < -0.39 is 5.97 Å². The molecule has 1 aromatic rings. The zero-order valence-corrected chi connectivity index (χ0v) is 13.8. The van der Waals surface area contributed by atoms with Gasteiger partial charge in [-0.25, -0.2) is 4.79 Å². The minimum absolute atomic E-state index is 0.0305. The lowest BCUT2D eigenvalue weighted by molar-refractivity contribution is -0.137. The van der Waals surface area contributed by atoms with Crippen LogP contribution < -0.4 is 0 Å². The van der Waals surface area contributed by atoms with Crippen LogP contribution in [0.15, 0.2) is 6.20 Å². The van der Waals surface area contributed by atoms with Crippen molar-refractivity contribution in [1.29, 1.82) is 0 Å². The van der Waals surface area contributed by atoms with Gasteiger partial charge in [-0.15, -0.1) is 0 Å². The Kier molecular flexibility index (Phi) is 6.15. The number of hydrogen-bond acceptors (Lipinski definition) is 4. The van der Waals surface area contributed by atoms with E-state index in [-0.39, 0.29) is 24.1 Å². The summed E-state index contributed by atoms with van der Waals surface area (Å²) in [5.74, 6) is -0.923. The van der Waals surface area contributed by atoms with Crippen LogP contribution >= 0.6 is 0 Å². The van der Waals surface area contributed by atoms with Crippen LogP contribution in [-0.2, 0) is 9.53 Å². The molecule has 2 rings (SSSR count). The van der Waals surface area contributed by atoms with E-state index in [4.69, 9.17) is 9.84 Å². The number of piperidine rings is 1. The van der Waals surface area contributed by atoms with E-state index in [2.05, 4.69) is 12.0 Å². The first kappa shape index (κ1) is 17.5. The van der Waals surface area contributed by atoms with Crippen molar-refractivity contribution in [2.75, 3.05) is 26.3 Å². The number of hydrogen-bond donors (Lipinski definition) is 1. The third-order valence-electron chi connectivity index (χ3n) is 4.31. The molecule has 1 N–H and O–H groups in total. The summed E-state index contributed by atoms with van der Waals surface area (Å²) in [7, 11) is 0. The summed E-state index contributed by atoms with van der Waals surface area (Å²) in [6.07, 6.45) is 4.99. The molecule has 2 heterocycles. The van der Waals surface area contributed by atoms with E-state index in [1.807, 2.05) is 4.90 Å². The van der Waals surface area contributed by atoms with Crippen LogP contribution in [0.2, 0.25) is 0 Å². The summed E-state index contributed by atoms with van der Waals surface area (Å²) in [5.41, 5.74) is 0.915. The molecule has 0 radical (unpaired) electrons. The second kappa shape index (κ2) is 8.10. The van der Waals surface area contributed by atoms with Crippen LogP contribution in [0.3, 0.4) is 0 Å². The standard InChI is InChI=1S/C16H25N3O4/c1-3-4-9-23-11-15(20)18-7-5-13(6-8-18)19-12(2)14(10-17-19)16(21)22/h10,13H,3-9,11H2,1-2H3,(H,21,22). The molecule has 0 atom stereocenters. The molecule has 128 valence electrons. The van der Waals surface area contributed by atoms with Crippen molar-refractivity contribution in [2.45, 2.75) is 45.6 Å². The fourth-order valence-corrected chi connectivity index (χ4v) is 2.86. The van der Waals surface area contributed by atoms with Crippen LogP contribution in [0.4, 0.5) is 0 Å². The van der Waals surface area contributed by atoms with E-state index in [0.717, 1.165) is 25.7 Å². The quantitative estimate of drug-likeness (QED) is 0.774. The topological polar surface area (TPSA) is 84.7 Å². The Bertz CT molecular complexity index is 548. The number of carbonyl (C=O) groups is 2. The molecule has 1 saturated heterocycles. The fourth-order valence-electron chi connectivity index (χ4n) is 2.86. The van der Waals surface area contributed by atoms with Gasteiger partial charge in [0.05, 0.1) is 17.9 Å². The molecule has 0 aromatic carbocycles. The van der Waals surface area contributed by atoms with E-state index in [1.54, 1.807) is 11.6 Å². The maximum absolute atomic E-state index is 12.1. The van der Waals surface area contributed by atoms with Crippen LogP contribution in [0.5, 0.6) is 0 Å². The fraction of sp³-hybridized carbons (Fsp3) is 0.688. The van der Waals surface area contributed by atoms with Crippen molar-refractivity contribution in [3.05, 3.63) is 17.5 Å². The Morgan fingerprint density at radius 2 is 2.09 bits per heavy atom. The smallest absolute Gasteiger partial charge is 0.339 e. The highest BCUT2D eigenvalue weighted by Crippen LogP contribution is 2.24. The summed E-state index contributed by atoms with van der Waals surface area (Å²) in [6, 6.07) is 0.146. The average Bonchev–Trinajstić information content (AvgIpc) is 2.93. The number of likely N-dealkylation sites (tertiary alicyclic amines) is 1. The van der Waals surface area contributed by atoms with Gasteiger partial charge in [0.15, 0.2) is 0 Å². The second-order valence-electron chi connectivity index (χ2n) is 5.91. The van der Waals surface area contributed by atoms with Crippen LogP contribution in [0, 0.1) is 6.92 Å². The largest absolute Gasteiger partial charge is 0.478 e. The lowest BCUT2D eigenvalue weighted by Gasteiger charge is -2.32. The number of ether oxygens (including phenoxy) is 1. The van der Waals surface area contributed by atoms with Crippen molar-refractivity contribution in [3.8, 4) is 0 Å². The molecule has 0 spiro atoms. The van der Waals surface area contributed by atoms with E-state index in [0.29, 0.717) is 25.4 Å². The molecular weight excluding hydrogens is 298 g/mol. The average molecular weight is 323 g/mol. The molecular formula is C16H25N3O4. The minimum Gasteiger partial charge on any atom is -0.478 e. The first-order chi connectivity index (χ1) is 11.0. The summed E-state index contributed by atoms with van der Waals surface area (Å²) < 4.78 is 7.16. The van der Waals surface area contributed by atoms with Gasteiger partial charge in [0.1, 0.15) is 12.2 Å². The molecule has 0 bridgehead atoms. The number of carboxylic acid groups (broad SMARTS) is 1. The molecule has 1 aromatic heterocycles. The molecule has 1 fully saturated rings. The van der Waals surface area contributed by atoms with Crippen LogP contribution in [0.25, 0.3) is 0 Å². The number of nitrogens with zero attached hydrogens (tertiary/aromatic N) is 3. The zero-order chi connectivity index (χ0) is 16.8. The Hall–Kier alpha value is -1.89. The molecule has 7 heteroatoms. The first-order valence-electron chi connectivity index (χ1n) is 8.17. The lowest BCUT2D eigenvalue weighted by atomic mass is 10.0. The molecule has 7 nitrogen and oxygen atoms in total. The van der Waals surface area contributed by atoms with Crippen molar-refractivity contribution in [3.63, 3.8) is 0 Å². The normalized spacial score (nSPS) is 15.8. The highest BCUT2D eigenvalue weighted by Gasteiger charge is 2.26. The number of carbonyl (C=O) groups excluding carboxylic acids is 1. The molecule has 23 heavy (non-hydrogen) atoms. The SMILES string of the molecule is CCCCOCC(=O)N1CCC(n2ncc(C(=O)O)c2C)CC1. The summed E-state index contributed by atoms with van der Waals surface area (Å²) in [6.45, 7) is 5.95. The minimum atomic E-state index is -0.953. The van der Waals surface area contributed by atoms with E-state index in [1.165, 1.54) is 6.20 Å². The Labute approximate surface area is 136 Å². The highest BCUT2D eigenvalue weighted by atomic mass is 16.5. The number of aromatic nitrogens is 2. The van der Waals surface area contributed by atoms with Crippen LogP contribution in [-0.4, -0.2) is 58.0 Å². The van der Waals surface area contributed by atoms with Gasteiger partial charge in [-0.1, -0.05) is 13.3 Å². The number of amides is 1. The van der Waals surface area contributed by atoms with Gasteiger partial charge in [0, 0.05) is 19.7 Å². The predicted octanol–water partition coefficient (Wildman–Crippen LogP) is 1.87. The van der Waals surface area contributed by atoms with Gasteiger partial charge in [-0.05, 0) is 26.2 Å². The van der Waals surface area contributed by atoms with Gasteiger partial charge in [-0.3, -0.25) is 9.48 Å². The van der Waals surface area contributed by atoms with Gasteiger partial charge in [-0.2, -0.15) is 5.10 Å². The number of unbranched alkanes of at least 4 members (excludes halogenated alkanes) is 1. The second-order valence-corrected chi connectivity index (χ2v) is 5.91. The summed E-state index contributed by atoms with van der Waals surface area (Å²) >= 11 is 0. The van der Waals surface area contributed by atoms with E-state index >= 15 is 0 Å². The van der Waals surface area contributed by atoms with E-state index in [9.17, 15) is 9.59 Å². The number of rotatable bonds is 7. The van der Waals surface area contributed by atoms with Crippen molar-refractivity contribution < 1.29 is 19.4 Å². The summed E-state index contributed by atoms with van der Waals surface area (Å²) in [4.78, 5) is 25.0. The van der Waals surface area contributed by atoms with Gasteiger partial charge >= 0.3 is 5.97 Å². The molecule has 1 amide bonds. The van der Waals surface area contributed by atoms with Crippen molar-refractivity contribution in [2.24, 2.45) is 0 Å². The summed E-state index contributed by atoms with van der Waals surface area (Å²) in [5, 5.41) is 13.3. The van der Waals surface area contributed by atoms with Crippen LogP contribution in [0.1, 0.15) is 54.7 Å². The lowest BCUT2D eigenvalue weighted by Crippen LogP contribution is -2.41. The maximum Gasteiger partial charge on any atom is 0.339 e. The molecule has 0 saturated carbocycles. The molecule has 0 unspecified atom stereocenters. The predicted molar refractivity (Wildman–Crippen MR) is 84.5 cm³/mol. The van der Waals surface area contributed by atoms with Crippen molar-refractivity contribution >= 4 is 11.9 Å². The maximum atomic E-state index is 12.1. The highest BCUT2D eigenvalue weighted by molar-refractivity contribution is 5.88. The molecule has 1 aliphatic heterocycles. The zero-order valence-electron chi connectivity index (χ0n) is 13.8. The number of carboxylic acids is 1. The van der Waals surface area contributed by atoms with Gasteiger partial charge in [0.2, 0.25) is 5.91 Å². The Balaban J connectivity index is 1.84. The number of aromatic carboxylic acids is 1. The van der Waals surface area contributed by atoms with Gasteiger partial charge < -0.3 is 14.7 Å². The molecule has 1 aliphatic rings. The monoisotopic (exact) mass is 323 g/mol.